The van der Waals surface area contributed by atoms with Crippen molar-refractivity contribution in [2.24, 2.45) is 0 Å². The predicted octanol–water partition coefficient (Wildman–Crippen LogP) is -0.338. The number of aliphatic hydroxyl groups is 1. The largest absolute Gasteiger partial charge is 0.870 e. The van der Waals surface area contributed by atoms with E-state index in [0.717, 1.165) is 11.0 Å². The molecule has 0 aromatic heterocycles. The summed E-state index contributed by atoms with van der Waals surface area (Å²) in [4.78, 5) is 0. The van der Waals surface area contributed by atoms with Gasteiger partial charge >= 0.3 is 61.3 Å². The number of hydrogen-bond donors (Lipinski definition) is 1. The average molecular weight is 166 g/mol. The molecular weight excluding hydrogens is 155 g/mol. The van der Waals surface area contributed by atoms with Gasteiger partial charge in [0, 0.05) is 0 Å². The molecular formula is C8H11BO3. The van der Waals surface area contributed by atoms with Crippen molar-refractivity contribution in [2.45, 2.75) is 6.42 Å². The maximum Gasteiger partial charge on any atom is -0.870 e. The molecule has 0 fully saturated rings. The fourth-order valence-corrected chi connectivity index (χ4v) is 0.878. The van der Waals surface area contributed by atoms with Crippen LogP contribution in [0.5, 0.6) is 0 Å². The smallest absolute Gasteiger partial charge is 0.870 e. The van der Waals surface area contributed by atoms with Crippen LogP contribution < -0.4 is 5.46 Å². The number of hydrogen-bond acceptors (Lipinski definition) is 3. The van der Waals surface area contributed by atoms with E-state index in [1.54, 1.807) is 0 Å². The Bertz CT molecular complexity index is 215. The molecule has 0 radical (unpaired) electrons. The predicted molar refractivity (Wildman–Crippen MR) is 46.5 cm³/mol. The van der Waals surface area contributed by atoms with Crippen molar-refractivity contribution in [1.29, 1.82) is 0 Å². The first-order chi connectivity index (χ1) is 4.83. The maximum absolute atomic E-state index is 8.57. The Labute approximate surface area is 73.1 Å². The molecule has 1 aromatic rings. The summed E-state index contributed by atoms with van der Waals surface area (Å²) in [6, 6.07) is 7.55. The van der Waals surface area contributed by atoms with Gasteiger partial charge in [-0.15, -0.1) is 0 Å². The molecule has 3 nitrogen and oxygen atoms in total. The molecule has 0 saturated heterocycles. The molecule has 0 aliphatic heterocycles. The fourth-order valence-electron chi connectivity index (χ4n) is 0.878. The molecule has 0 aliphatic rings. The molecule has 0 amide bonds. The summed E-state index contributed by atoms with van der Waals surface area (Å²) < 4.78 is 0. The molecule has 0 bridgehead atoms. The fraction of sp³-hybridized carbons (Fsp3) is 0.250. The van der Waals surface area contributed by atoms with Crippen LogP contribution in [0, 0.1) is 0 Å². The summed E-state index contributed by atoms with van der Waals surface area (Å²) in [6.45, 7) is 0.184. The molecule has 3 N–H and O–H groups in total. The van der Waals surface area contributed by atoms with E-state index in [0.29, 0.717) is 6.42 Å². The summed E-state index contributed by atoms with van der Waals surface area (Å²) in [6.07, 6.45) is 0.686. The molecule has 0 heterocycles. The molecule has 0 spiro atoms. The van der Waals surface area contributed by atoms with Crippen LogP contribution in [0.1, 0.15) is 5.56 Å². The number of rotatable bonds is 2. The molecule has 12 heavy (non-hydrogen) atoms. The molecule has 0 saturated carbocycles. The molecule has 0 aliphatic carbocycles. The molecule has 0 atom stereocenters. The van der Waals surface area contributed by atoms with E-state index in [9.17, 15) is 0 Å². The van der Waals surface area contributed by atoms with Gasteiger partial charge in [-0.1, -0.05) is 0 Å². The number of benzene rings is 1. The summed E-state index contributed by atoms with van der Waals surface area (Å²) in [5.41, 5.74) is 1.84. The van der Waals surface area contributed by atoms with E-state index < -0.39 is 0 Å². The minimum atomic E-state index is 0. The van der Waals surface area contributed by atoms with Crippen LogP contribution in [0.4, 0.5) is 0 Å². The van der Waals surface area contributed by atoms with Crippen molar-refractivity contribution in [3.05, 3.63) is 29.8 Å². The SMILES string of the molecule is [B+2]c1cccc(CCO)c1.[OH-].[OH-]. The van der Waals surface area contributed by atoms with Gasteiger partial charge in [0.2, 0.25) is 0 Å². The number of aliphatic hydroxyl groups excluding tert-OH is 1. The summed E-state index contributed by atoms with van der Waals surface area (Å²) in [5.74, 6) is 0. The van der Waals surface area contributed by atoms with E-state index in [1.807, 2.05) is 24.3 Å². The van der Waals surface area contributed by atoms with E-state index in [1.165, 1.54) is 0 Å². The van der Waals surface area contributed by atoms with Gasteiger partial charge in [-0.05, 0) is 0 Å². The van der Waals surface area contributed by atoms with Crippen LogP contribution in [0.25, 0.3) is 0 Å². The summed E-state index contributed by atoms with van der Waals surface area (Å²) >= 11 is 0. The van der Waals surface area contributed by atoms with Gasteiger partial charge in [0.15, 0.2) is 0 Å². The first kappa shape index (κ1) is 13.7. The molecule has 1 rings (SSSR count). The minimum Gasteiger partial charge on any atom is -0.870 e. The quantitative estimate of drug-likeness (QED) is 0.610. The van der Waals surface area contributed by atoms with E-state index in [4.69, 9.17) is 13.0 Å². The van der Waals surface area contributed by atoms with Crippen molar-refractivity contribution < 1.29 is 16.1 Å². The Morgan fingerprint density at radius 2 is 1.92 bits per heavy atom. The standard InChI is InChI=1S/C8H9BO.2H2O/c9-8-3-1-2-7(6-8)4-5-10;;/h1-3,6,10H,4-5H2;2*1H2/q+2;;/p-2. The normalized spacial score (nSPS) is 8.25. The molecule has 1 aromatic carbocycles. The van der Waals surface area contributed by atoms with Crippen molar-refractivity contribution in [1.82, 2.24) is 0 Å². The second-order valence-electron chi connectivity index (χ2n) is 2.22. The zero-order chi connectivity index (χ0) is 7.40. The van der Waals surface area contributed by atoms with E-state index in [2.05, 4.69) is 0 Å². The van der Waals surface area contributed by atoms with Crippen LogP contribution in [0.15, 0.2) is 24.3 Å². The topological polar surface area (TPSA) is 80.2 Å². The Balaban J connectivity index is 0. The molecule has 4 heteroatoms. The van der Waals surface area contributed by atoms with Gasteiger partial charge in [-0.25, -0.2) is 0 Å². The van der Waals surface area contributed by atoms with Crippen LogP contribution in [0.3, 0.4) is 0 Å². The summed E-state index contributed by atoms with van der Waals surface area (Å²) in [5, 5.41) is 8.57. The Hall–Kier alpha value is -0.835. The van der Waals surface area contributed by atoms with Crippen LogP contribution in [-0.2, 0) is 6.42 Å². The second-order valence-corrected chi connectivity index (χ2v) is 2.22. The van der Waals surface area contributed by atoms with Gasteiger partial charge in [0.25, 0.3) is 0 Å². The maximum atomic E-state index is 8.57. The van der Waals surface area contributed by atoms with Crippen molar-refractivity contribution in [3.8, 4) is 0 Å². The Morgan fingerprint density at radius 1 is 1.25 bits per heavy atom. The van der Waals surface area contributed by atoms with Crippen LogP contribution in [-0.4, -0.2) is 30.5 Å². The second kappa shape index (κ2) is 6.85. The molecule has 64 valence electrons. The van der Waals surface area contributed by atoms with Gasteiger partial charge in [0.05, 0.1) is 0 Å². The minimum absolute atomic E-state index is 0. The Kier molecular flexibility index (Phi) is 7.84. The molecule has 0 unspecified atom stereocenters. The Morgan fingerprint density at radius 3 is 2.42 bits per heavy atom. The first-order valence-corrected chi connectivity index (χ1v) is 3.28. The van der Waals surface area contributed by atoms with Crippen molar-refractivity contribution >= 4 is 13.3 Å². The third kappa shape index (κ3) is 4.13. The van der Waals surface area contributed by atoms with Crippen molar-refractivity contribution in [3.63, 3.8) is 0 Å². The van der Waals surface area contributed by atoms with Gasteiger partial charge in [-0.2, -0.15) is 0 Å². The average Bonchev–Trinajstić information content (AvgIpc) is 1.88. The van der Waals surface area contributed by atoms with Crippen LogP contribution in [0.2, 0.25) is 0 Å². The van der Waals surface area contributed by atoms with Gasteiger partial charge < -0.3 is 11.0 Å². The van der Waals surface area contributed by atoms with Crippen molar-refractivity contribution in [2.75, 3.05) is 6.61 Å². The van der Waals surface area contributed by atoms with E-state index >= 15 is 0 Å². The van der Waals surface area contributed by atoms with Gasteiger partial charge in [0.1, 0.15) is 0 Å². The van der Waals surface area contributed by atoms with Crippen LogP contribution >= 0.6 is 0 Å². The van der Waals surface area contributed by atoms with E-state index in [-0.39, 0.29) is 17.6 Å². The summed E-state index contributed by atoms with van der Waals surface area (Å²) in [7, 11) is 5.51. The first-order valence-electron chi connectivity index (χ1n) is 3.28. The monoisotopic (exact) mass is 166 g/mol. The zero-order valence-electron chi connectivity index (χ0n) is 6.64. The third-order valence-corrected chi connectivity index (χ3v) is 1.35. The third-order valence-electron chi connectivity index (χ3n) is 1.35. The zero-order valence-corrected chi connectivity index (χ0v) is 6.64. The van der Waals surface area contributed by atoms with Gasteiger partial charge in [-0.3, -0.25) is 0 Å².